The highest BCUT2D eigenvalue weighted by atomic mass is 35.5. The van der Waals surface area contributed by atoms with Crippen molar-refractivity contribution in [1.82, 2.24) is 15.0 Å². The molecule has 0 saturated carbocycles. The summed E-state index contributed by atoms with van der Waals surface area (Å²) in [5.41, 5.74) is 4.13. The van der Waals surface area contributed by atoms with Gasteiger partial charge in [0.2, 0.25) is 0 Å². The van der Waals surface area contributed by atoms with Crippen molar-refractivity contribution in [2.45, 2.75) is 26.4 Å². The van der Waals surface area contributed by atoms with Crippen molar-refractivity contribution in [3.8, 4) is 11.4 Å². The third-order valence-electron chi connectivity index (χ3n) is 5.37. The lowest BCUT2D eigenvalue weighted by molar-refractivity contribution is 0.101. The van der Waals surface area contributed by atoms with Gasteiger partial charge in [-0.2, -0.15) is 0 Å². The van der Waals surface area contributed by atoms with E-state index in [1.54, 1.807) is 36.4 Å². The molecular formula is C24H23ClN4O3. The molecule has 0 spiro atoms. The maximum absolute atomic E-state index is 12.7. The number of Topliss-reactive ketones (excluding diaryl/α,β-unsaturated/α-hetero) is 1. The quantitative estimate of drug-likeness (QED) is 0.310. The standard InChI is InChI=1S/C24H23ClN4O3/c1-3-14-9-16(13(2)30)11-19-22(14)29-23(28-19)21-18(7-8-26-24(21)32)27-12-20(31)15-5-4-6-17(25)10-15/h4-11,20,31H,3,12H2,1-2H3,(H,28,29)(H2,26,27,32). The Labute approximate surface area is 189 Å². The number of carbonyl (C=O) groups is 1. The van der Waals surface area contributed by atoms with Gasteiger partial charge in [0.05, 0.1) is 22.8 Å². The Morgan fingerprint density at radius 2 is 2.06 bits per heavy atom. The molecular weight excluding hydrogens is 428 g/mol. The minimum absolute atomic E-state index is 0.0346. The van der Waals surface area contributed by atoms with E-state index in [-0.39, 0.29) is 17.9 Å². The number of halogens is 1. The number of aliphatic hydroxyl groups excluding tert-OH is 1. The summed E-state index contributed by atoms with van der Waals surface area (Å²) in [6, 6.07) is 12.3. The maximum atomic E-state index is 12.7. The van der Waals surface area contributed by atoms with Gasteiger partial charge in [-0.15, -0.1) is 0 Å². The van der Waals surface area contributed by atoms with Crippen molar-refractivity contribution in [1.29, 1.82) is 0 Å². The SMILES string of the molecule is CCc1cc(C(C)=O)cc2[nH]c(-c3c(NCC(O)c4cccc(Cl)c4)cc[nH]c3=O)nc12. The Kier molecular flexibility index (Phi) is 6.12. The zero-order valence-electron chi connectivity index (χ0n) is 17.7. The molecule has 2 heterocycles. The molecule has 0 amide bonds. The lowest BCUT2D eigenvalue weighted by atomic mass is 10.0. The number of imidazole rings is 1. The third-order valence-corrected chi connectivity index (χ3v) is 5.60. The van der Waals surface area contributed by atoms with Crippen LogP contribution in [0.4, 0.5) is 5.69 Å². The Hall–Kier alpha value is -3.42. The maximum Gasteiger partial charge on any atom is 0.261 e. The second kappa shape index (κ2) is 8.98. The van der Waals surface area contributed by atoms with Crippen LogP contribution in [0.25, 0.3) is 22.4 Å². The number of pyridine rings is 1. The number of benzene rings is 2. The molecule has 4 aromatic rings. The van der Waals surface area contributed by atoms with Crippen molar-refractivity contribution in [3.05, 3.63) is 80.7 Å². The number of aromatic amines is 2. The Morgan fingerprint density at radius 3 is 2.78 bits per heavy atom. The van der Waals surface area contributed by atoms with Gasteiger partial charge in [-0.25, -0.2) is 4.98 Å². The van der Waals surface area contributed by atoms with Crippen LogP contribution < -0.4 is 10.9 Å². The zero-order valence-corrected chi connectivity index (χ0v) is 18.5. The lowest BCUT2D eigenvalue weighted by Crippen LogP contribution is -2.17. The fraction of sp³-hybridized carbons (Fsp3) is 0.208. The predicted molar refractivity (Wildman–Crippen MR) is 126 cm³/mol. The van der Waals surface area contributed by atoms with Gasteiger partial charge in [-0.3, -0.25) is 9.59 Å². The zero-order chi connectivity index (χ0) is 22.8. The summed E-state index contributed by atoms with van der Waals surface area (Å²) in [5, 5.41) is 14.2. The minimum Gasteiger partial charge on any atom is -0.387 e. The highest BCUT2D eigenvalue weighted by molar-refractivity contribution is 6.30. The smallest absolute Gasteiger partial charge is 0.261 e. The van der Waals surface area contributed by atoms with Crippen LogP contribution in [0.3, 0.4) is 0 Å². The van der Waals surface area contributed by atoms with Gasteiger partial charge >= 0.3 is 0 Å². The van der Waals surface area contributed by atoms with Crippen LogP contribution in [0.15, 0.2) is 53.5 Å². The molecule has 0 radical (unpaired) electrons. The molecule has 0 fully saturated rings. The van der Waals surface area contributed by atoms with E-state index in [0.717, 1.165) is 11.1 Å². The fourth-order valence-electron chi connectivity index (χ4n) is 3.68. The molecule has 0 aliphatic carbocycles. The number of carbonyl (C=O) groups excluding carboxylic acids is 1. The van der Waals surface area contributed by atoms with Crippen molar-refractivity contribution in [2.24, 2.45) is 0 Å². The van der Waals surface area contributed by atoms with Crippen molar-refractivity contribution >= 4 is 34.1 Å². The van der Waals surface area contributed by atoms with Crippen LogP contribution in [0.5, 0.6) is 0 Å². The van der Waals surface area contributed by atoms with E-state index < -0.39 is 6.10 Å². The van der Waals surface area contributed by atoms with Crippen LogP contribution in [0, 0.1) is 0 Å². The molecule has 1 atom stereocenters. The van der Waals surface area contributed by atoms with Gasteiger partial charge in [0, 0.05) is 23.3 Å². The van der Waals surface area contributed by atoms with E-state index >= 15 is 0 Å². The average molecular weight is 451 g/mol. The predicted octanol–water partition coefficient (Wildman–Crippen LogP) is 4.48. The number of rotatable bonds is 7. The first-order chi connectivity index (χ1) is 15.4. The number of nitrogens with one attached hydrogen (secondary N) is 3. The summed E-state index contributed by atoms with van der Waals surface area (Å²) in [7, 11) is 0. The number of ketones is 1. The van der Waals surface area contributed by atoms with Gasteiger partial charge in [0.1, 0.15) is 11.4 Å². The second-order valence-electron chi connectivity index (χ2n) is 7.57. The van der Waals surface area contributed by atoms with E-state index in [2.05, 4.69) is 20.3 Å². The summed E-state index contributed by atoms with van der Waals surface area (Å²) >= 11 is 6.02. The van der Waals surface area contributed by atoms with E-state index in [1.165, 1.54) is 13.1 Å². The van der Waals surface area contributed by atoms with Crippen molar-refractivity contribution < 1.29 is 9.90 Å². The Balaban J connectivity index is 1.71. The average Bonchev–Trinajstić information content (AvgIpc) is 3.20. The summed E-state index contributed by atoms with van der Waals surface area (Å²) < 4.78 is 0. The summed E-state index contributed by atoms with van der Waals surface area (Å²) in [6.07, 6.45) is 1.42. The molecule has 4 N–H and O–H groups in total. The molecule has 0 aliphatic heterocycles. The summed E-state index contributed by atoms with van der Waals surface area (Å²) in [5.74, 6) is 0.352. The number of nitrogens with zero attached hydrogens (tertiary/aromatic N) is 1. The van der Waals surface area contributed by atoms with Crippen molar-refractivity contribution in [3.63, 3.8) is 0 Å². The van der Waals surface area contributed by atoms with Gasteiger partial charge in [-0.1, -0.05) is 30.7 Å². The highest BCUT2D eigenvalue weighted by Crippen LogP contribution is 2.28. The minimum atomic E-state index is -0.818. The molecule has 4 rings (SSSR count). The summed E-state index contributed by atoms with van der Waals surface area (Å²) in [6.45, 7) is 3.69. The summed E-state index contributed by atoms with van der Waals surface area (Å²) in [4.78, 5) is 35.1. The van der Waals surface area contributed by atoms with E-state index in [1.807, 2.05) is 13.0 Å². The van der Waals surface area contributed by atoms with E-state index in [0.29, 0.717) is 45.2 Å². The van der Waals surface area contributed by atoms with Crippen LogP contribution in [0.1, 0.15) is 41.4 Å². The molecule has 2 aromatic heterocycles. The molecule has 164 valence electrons. The largest absolute Gasteiger partial charge is 0.387 e. The number of hydrogen-bond acceptors (Lipinski definition) is 5. The molecule has 0 saturated heterocycles. The number of anilines is 1. The number of hydrogen-bond donors (Lipinski definition) is 4. The normalized spacial score (nSPS) is 12.1. The Bertz CT molecular complexity index is 1360. The number of aliphatic hydroxyl groups is 1. The lowest BCUT2D eigenvalue weighted by Gasteiger charge is -2.15. The highest BCUT2D eigenvalue weighted by Gasteiger charge is 2.18. The fourth-order valence-corrected chi connectivity index (χ4v) is 3.88. The van der Waals surface area contributed by atoms with Gasteiger partial charge in [0.15, 0.2) is 5.78 Å². The molecule has 2 aromatic carbocycles. The first kappa shape index (κ1) is 21.8. The number of aryl methyl sites for hydroxylation is 1. The van der Waals surface area contributed by atoms with Crippen LogP contribution in [0.2, 0.25) is 5.02 Å². The molecule has 8 heteroatoms. The number of aromatic nitrogens is 3. The molecule has 0 bridgehead atoms. The van der Waals surface area contributed by atoms with E-state index in [4.69, 9.17) is 11.6 Å². The van der Waals surface area contributed by atoms with Crippen LogP contribution in [-0.2, 0) is 6.42 Å². The van der Waals surface area contributed by atoms with Crippen LogP contribution in [-0.4, -0.2) is 32.4 Å². The van der Waals surface area contributed by atoms with Gasteiger partial charge in [0.25, 0.3) is 5.56 Å². The van der Waals surface area contributed by atoms with Gasteiger partial charge in [-0.05, 0) is 54.8 Å². The first-order valence-electron chi connectivity index (χ1n) is 10.3. The molecule has 0 aliphatic rings. The van der Waals surface area contributed by atoms with Crippen molar-refractivity contribution in [2.75, 3.05) is 11.9 Å². The molecule has 7 nitrogen and oxygen atoms in total. The third kappa shape index (κ3) is 4.30. The Morgan fingerprint density at radius 1 is 1.25 bits per heavy atom. The van der Waals surface area contributed by atoms with E-state index in [9.17, 15) is 14.7 Å². The monoisotopic (exact) mass is 450 g/mol. The number of fused-ring (bicyclic) bond motifs is 1. The molecule has 32 heavy (non-hydrogen) atoms. The van der Waals surface area contributed by atoms with Gasteiger partial charge < -0.3 is 20.4 Å². The second-order valence-corrected chi connectivity index (χ2v) is 8.01. The first-order valence-corrected chi connectivity index (χ1v) is 10.7. The molecule has 1 unspecified atom stereocenters. The van der Waals surface area contributed by atoms with Crippen LogP contribution >= 0.6 is 11.6 Å². The topological polar surface area (TPSA) is 111 Å². The number of H-pyrrole nitrogens is 2.